The van der Waals surface area contributed by atoms with Crippen molar-refractivity contribution in [3.8, 4) is 0 Å². The van der Waals surface area contributed by atoms with Crippen molar-refractivity contribution in [2.24, 2.45) is 11.4 Å². The van der Waals surface area contributed by atoms with E-state index in [1.54, 1.807) is 0 Å². The molecular weight excluding hydrogens is 401 g/mol. The van der Waals surface area contributed by atoms with Crippen LogP contribution in [0.2, 0.25) is 5.02 Å². The molecule has 0 aliphatic heterocycles. The number of rotatable bonds is 4. The first-order valence-corrected chi connectivity index (χ1v) is 9.89. The molecule has 1 aromatic carbocycles. The van der Waals surface area contributed by atoms with Crippen LogP contribution in [0.1, 0.15) is 5.82 Å². The number of alkyl halides is 3. The van der Waals surface area contributed by atoms with E-state index in [2.05, 4.69) is 14.6 Å². The van der Waals surface area contributed by atoms with Crippen LogP contribution in [0.15, 0.2) is 38.7 Å². The topological polar surface area (TPSA) is 77.2 Å². The summed E-state index contributed by atoms with van der Waals surface area (Å²) in [5.74, 6) is -2.22. The van der Waals surface area contributed by atoms with Gasteiger partial charge < -0.3 is 4.57 Å². The number of hydrogen-bond donors (Lipinski definition) is 0. The van der Waals surface area contributed by atoms with E-state index in [1.165, 1.54) is 30.5 Å². The highest BCUT2D eigenvalue weighted by molar-refractivity contribution is 8.00. The molecule has 0 aliphatic carbocycles. The molecule has 1 amide bonds. The third-order valence-electron chi connectivity index (χ3n) is 2.94. The Morgan fingerprint density at radius 1 is 1.32 bits per heavy atom. The standard InChI is InChI=1S/C13H12ClF3N4O2S2/c1-21-11(13(15,16)17)18-19-12(21)24-7-10(22)20-25(2,23)9-5-3-8(14)4-6-9/h3-6H,7H2,1-2H3/t25-/m1/s1. The normalized spacial score (nSPS) is 14.2. The lowest BCUT2D eigenvalue weighted by Crippen LogP contribution is -2.13. The van der Waals surface area contributed by atoms with Crippen LogP contribution in [0.4, 0.5) is 13.2 Å². The van der Waals surface area contributed by atoms with Crippen molar-refractivity contribution in [3.63, 3.8) is 0 Å². The molecule has 0 saturated carbocycles. The Kier molecular flexibility index (Phi) is 5.79. The fraction of sp³-hybridized carbons (Fsp3) is 0.308. The Labute approximate surface area is 151 Å². The van der Waals surface area contributed by atoms with Gasteiger partial charge in [0.25, 0.3) is 5.91 Å². The number of nitrogens with zero attached hydrogens (tertiary/aromatic N) is 4. The van der Waals surface area contributed by atoms with Crippen molar-refractivity contribution in [2.45, 2.75) is 16.2 Å². The van der Waals surface area contributed by atoms with E-state index < -0.39 is 27.6 Å². The van der Waals surface area contributed by atoms with Crippen molar-refractivity contribution in [1.29, 1.82) is 0 Å². The second kappa shape index (κ2) is 7.34. The molecule has 0 bridgehead atoms. The smallest absolute Gasteiger partial charge is 0.302 e. The molecule has 1 aromatic heterocycles. The van der Waals surface area contributed by atoms with Crippen molar-refractivity contribution in [2.75, 3.05) is 12.0 Å². The summed E-state index contributed by atoms with van der Waals surface area (Å²) in [5.41, 5.74) is 0. The molecule has 2 aromatic rings. The fourth-order valence-corrected chi connectivity index (χ4v) is 3.88. The van der Waals surface area contributed by atoms with Gasteiger partial charge in [-0.1, -0.05) is 23.4 Å². The number of halogens is 4. The third kappa shape index (κ3) is 4.95. The number of hydrogen-bond acceptors (Lipinski definition) is 5. The zero-order chi connectivity index (χ0) is 18.8. The van der Waals surface area contributed by atoms with Gasteiger partial charge in [-0.25, -0.2) is 4.21 Å². The number of carbonyl (C=O) groups excluding carboxylic acids is 1. The van der Waals surface area contributed by atoms with Gasteiger partial charge in [-0.05, 0) is 24.3 Å². The summed E-state index contributed by atoms with van der Waals surface area (Å²) in [5, 5.41) is 6.80. The Hall–Kier alpha value is -1.59. The lowest BCUT2D eigenvalue weighted by atomic mass is 10.4. The van der Waals surface area contributed by atoms with E-state index in [4.69, 9.17) is 11.6 Å². The van der Waals surface area contributed by atoms with Crippen LogP contribution >= 0.6 is 23.4 Å². The van der Waals surface area contributed by atoms with Crippen molar-refractivity contribution < 1.29 is 22.2 Å². The van der Waals surface area contributed by atoms with Crippen molar-refractivity contribution >= 4 is 39.0 Å². The van der Waals surface area contributed by atoms with Crippen LogP contribution < -0.4 is 0 Å². The van der Waals surface area contributed by atoms with Crippen LogP contribution in [0.3, 0.4) is 0 Å². The molecule has 0 radical (unpaired) electrons. The highest BCUT2D eigenvalue weighted by Gasteiger charge is 2.37. The molecule has 1 atom stereocenters. The molecular formula is C13H12ClF3N4O2S2. The summed E-state index contributed by atoms with van der Waals surface area (Å²) >= 11 is 6.47. The van der Waals surface area contributed by atoms with Gasteiger partial charge in [-0.3, -0.25) is 4.79 Å². The lowest BCUT2D eigenvalue weighted by Gasteiger charge is -2.06. The first-order valence-electron chi connectivity index (χ1n) is 6.60. The molecule has 0 unspecified atom stereocenters. The summed E-state index contributed by atoms with van der Waals surface area (Å²) in [7, 11) is -1.84. The summed E-state index contributed by atoms with van der Waals surface area (Å²) in [4.78, 5) is 12.2. The van der Waals surface area contributed by atoms with Crippen molar-refractivity contribution in [3.05, 3.63) is 35.1 Å². The summed E-state index contributed by atoms with van der Waals surface area (Å²) in [6.45, 7) is 0. The van der Waals surface area contributed by atoms with Gasteiger partial charge in [0.1, 0.15) is 0 Å². The zero-order valence-corrected chi connectivity index (χ0v) is 15.3. The van der Waals surface area contributed by atoms with Gasteiger partial charge in [0.2, 0.25) is 5.82 Å². The maximum Gasteiger partial charge on any atom is 0.451 e. The molecule has 2 rings (SSSR count). The first kappa shape index (κ1) is 19.7. The maximum atomic E-state index is 12.6. The van der Waals surface area contributed by atoms with Crippen LogP contribution in [-0.4, -0.2) is 36.9 Å². The number of benzene rings is 1. The lowest BCUT2D eigenvalue weighted by molar-refractivity contribution is -0.147. The molecule has 6 nitrogen and oxygen atoms in total. The number of carbonyl (C=O) groups is 1. The Bertz CT molecular complexity index is 903. The zero-order valence-electron chi connectivity index (χ0n) is 13.0. The molecule has 0 fully saturated rings. The van der Waals surface area contributed by atoms with Crippen LogP contribution in [-0.2, 0) is 27.7 Å². The number of thioether (sulfide) groups is 1. The van der Waals surface area contributed by atoms with E-state index in [0.717, 1.165) is 23.4 Å². The largest absolute Gasteiger partial charge is 0.451 e. The minimum absolute atomic E-state index is 0.0926. The highest BCUT2D eigenvalue weighted by atomic mass is 35.5. The summed E-state index contributed by atoms with van der Waals surface area (Å²) in [6, 6.07) is 6.03. The van der Waals surface area contributed by atoms with E-state index in [9.17, 15) is 22.2 Å². The summed E-state index contributed by atoms with van der Waals surface area (Å²) in [6.07, 6.45) is -3.34. The predicted octanol–water partition coefficient (Wildman–Crippen LogP) is 3.26. The molecule has 1 heterocycles. The van der Waals surface area contributed by atoms with E-state index >= 15 is 0 Å². The molecule has 0 N–H and O–H groups in total. The average molecular weight is 413 g/mol. The van der Waals surface area contributed by atoms with Gasteiger partial charge in [-0.15, -0.1) is 10.2 Å². The second-order valence-corrected chi connectivity index (χ2v) is 8.53. The van der Waals surface area contributed by atoms with Crippen LogP contribution in [0, 0.1) is 0 Å². The Balaban J connectivity index is 2.12. The maximum absolute atomic E-state index is 12.6. The average Bonchev–Trinajstić information content (AvgIpc) is 2.86. The quantitative estimate of drug-likeness (QED) is 0.720. The molecule has 25 heavy (non-hydrogen) atoms. The monoisotopic (exact) mass is 412 g/mol. The summed E-state index contributed by atoms with van der Waals surface area (Å²) < 4.78 is 54.8. The van der Waals surface area contributed by atoms with Crippen molar-refractivity contribution in [1.82, 2.24) is 14.8 Å². The molecule has 136 valence electrons. The van der Waals surface area contributed by atoms with Gasteiger partial charge in [0.15, 0.2) is 5.16 Å². The predicted molar refractivity (Wildman–Crippen MR) is 87.9 cm³/mol. The molecule has 0 aliphatic rings. The SMILES string of the molecule is Cn1c(SCC(=O)N=[S@](C)(=O)c2ccc(Cl)cc2)nnc1C(F)(F)F. The van der Waals surface area contributed by atoms with E-state index in [0.29, 0.717) is 9.92 Å². The fourth-order valence-electron chi connectivity index (χ4n) is 1.77. The van der Waals surface area contributed by atoms with Gasteiger partial charge in [0, 0.05) is 23.2 Å². The van der Waals surface area contributed by atoms with E-state index in [-0.39, 0.29) is 10.9 Å². The number of amides is 1. The van der Waals surface area contributed by atoms with E-state index in [1.807, 2.05) is 0 Å². The molecule has 0 spiro atoms. The van der Waals surface area contributed by atoms with Crippen LogP contribution in [0.5, 0.6) is 0 Å². The second-order valence-electron chi connectivity index (χ2n) is 4.89. The van der Waals surface area contributed by atoms with Gasteiger partial charge >= 0.3 is 6.18 Å². The highest BCUT2D eigenvalue weighted by Crippen LogP contribution is 2.29. The Morgan fingerprint density at radius 2 is 1.92 bits per heavy atom. The van der Waals surface area contributed by atoms with Gasteiger partial charge in [-0.2, -0.15) is 17.5 Å². The van der Waals surface area contributed by atoms with Crippen LogP contribution in [0.25, 0.3) is 0 Å². The van der Waals surface area contributed by atoms with Gasteiger partial charge in [0.05, 0.1) is 15.5 Å². The molecule has 0 saturated heterocycles. The molecule has 12 heteroatoms. The Morgan fingerprint density at radius 3 is 2.44 bits per heavy atom. The minimum atomic E-state index is -4.64. The first-order chi connectivity index (χ1) is 11.5. The third-order valence-corrected chi connectivity index (χ3v) is 5.90. The minimum Gasteiger partial charge on any atom is -0.302 e. The number of aromatic nitrogens is 3.